The lowest BCUT2D eigenvalue weighted by atomic mass is 9.99. The van der Waals surface area contributed by atoms with Gasteiger partial charge >= 0.3 is 5.69 Å². The number of rotatable bonds is 4. The molecule has 4 heterocycles. The molecular formula is C31H28F3N5O4. The third kappa shape index (κ3) is 4.39. The molecule has 1 unspecified atom stereocenters. The highest BCUT2D eigenvalue weighted by Crippen LogP contribution is 2.46. The Morgan fingerprint density at radius 2 is 1.95 bits per heavy atom. The standard InChI is InChI=1S/C31H28F3N5O4/c1-5-22(41)37-10-11-38-17(13-37)14-43-29-24-20(12-18(25(29)33)23-21(40)7-6-19(32)26(23)34)39(31(42)36-30(24)38)28-16(4)8-9-35-27(28)15(2)3/h5-9,12,15,17,40H,1,10-11,13-14H2,2-4H3. The van der Waals surface area contributed by atoms with Crippen LogP contribution in [0.15, 0.2) is 47.9 Å². The summed E-state index contributed by atoms with van der Waals surface area (Å²) in [5.41, 5.74) is -0.168. The highest BCUT2D eigenvalue weighted by Gasteiger charge is 2.37. The quantitative estimate of drug-likeness (QED) is 0.347. The van der Waals surface area contributed by atoms with Crippen LogP contribution in [0.1, 0.15) is 31.0 Å². The first kappa shape index (κ1) is 28.3. The smallest absolute Gasteiger partial charge is 0.354 e. The Hall–Kier alpha value is -4.87. The van der Waals surface area contributed by atoms with Crippen molar-refractivity contribution in [1.82, 2.24) is 19.4 Å². The Bertz CT molecular complexity index is 1890. The predicted molar refractivity (Wildman–Crippen MR) is 154 cm³/mol. The number of piperazine rings is 1. The molecule has 0 radical (unpaired) electrons. The van der Waals surface area contributed by atoms with Gasteiger partial charge in [0.05, 0.1) is 33.9 Å². The Balaban J connectivity index is 1.72. The fourth-order valence-electron chi connectivity index (χ4n) is 5.92. The second kappa shape index (κ2) is 10.4. The molecule has 9 nitrogen and oxygen atoms in total. The van der Waals surface area contributed by atoms with Gasteiger partial charge in [0, 0.05) is 31.4 Å². The Labute approximate surface area is 244 Å². The van der Waals surface area contributed by atoms with Gasteiger partial charge in [0.1, 0.15) is 18.2 Å². The molecule has 0 saturated carbocycles. The largest absolute Gasteiger partial charge is 0.507 e. The maximum atomic E-state index is 16.5. The SMILES string of the molecule is C=CC(=O)N1CCN2c3nc(=O)n(-c4c(C)ccnc4C(C)C)c4cc(-c5c(O)ccc(F)c5F)c(F)c(c34)OCC2C1. The van der Waals surface area contributed by atoms with E-state index in [9.17, 15) is 19.1 Å². The molecule has 222 valence electrons. The third-order valence-electron chi connectivity index (χ3n) is 7.99. The highest BCUT2D eigenvalue weighted by molar-refractivity contribution is 6.00. The number of benzene rings is 2. The lowest BCUT2D eigenvalue weighted by Gasteiger charge is -2.40. The summed E-state index contributed by atoms with van der Waals surface area (Å²) in [5, 5.41) is 10.7. The zero-order valence-electron chi connectivity index (χ0n) is 23.7. The van der Waals surface area contributed by atoms with Crippen LogP contribution in [0.3, 0.4) is 0 Å². The van der Waals surface area contributed by atoms with Crippen LogP contribution >= 0.6 is 0 Å². The van der Waals surface area contributed by atoms with Gasteiger partial charge in [-0.2, -0.15) is 4.98 Å². The van der Waals surface area contributed by atoms with Crippen molar-refractivity contribution in [2.45, 2.75) is 32.7 Å². The van der Waals surface area contributed by atoms with Crippen LogP contribution < -0.4 is 15.3 Å². The minimum Gasteiger partial charge on any atom is -0.507 e. The number of phenols is 1. The first-order chi connectivity index (χ1) is 20.5. The lowest BCUT2D eigenvalue weighted by Crippen LogP contribution is -2.56. The number of aromatic nitrogens is 3. The summed E-state index contributed by atoms with van der Waals surface area (Å²) >= 11 is 0. The topological polar surface area (TPSA) is 101 Å². The number of nitrogens with zero attached hydrogens (tertiary/aromatic N) is 5. The minimum absolute atomic E-state index is 0.104. The van der Waals surface area contributed by atoms with Gasteiger partial charge in [0.15, 0.2) is 23.2 Å². The van der Waals surface area contributed by atoms with E-state index in [1.54, 1.807) is 29.0 Å². The minimum atomic E-state index is -1.46. The van der Waals surface area contributed by atoms with Gasteiger partial charge in [-0.05, 0) is 48.7 Å². The normalized spacial score (nSPS) is 16.2. The molecule has 0 bridgehead atoms. The molecule has 0 spiro atoms. The van der Waals surface area contributed by atoms with Crippen molar-refractivity contribution in [3.05, 3.63) is 82.3 Å². The molecule has 1 amide bonds. The van der Waals surface area contributed by atoms with Crippen LogP contribution in [0.25, 0.3) is 27.7 Å². The Morgan fingerprint density at radius 3 is 2.67 bits per heavy atom. The van der Waals surface area contributed by atoms with Gasteiger partial charge in [0.25, 0.3) is 0 Å². The molecule has 1 fully saturated rings. The van der Waals surface area contributed by atoms with Gasteiger partial charge in [-0.25, -0.2) is 18.0 Å². The van der Waals surface area contributed by atoms with Crippen molar-refractivity contribution >= 4 is 22.6 Å². The van der Waals surface area contributed by atoms with Crippen LogP contribution in [-0.4, -0.2) is 62.7 Å². The number of hydrogen-bond donors (Lipinski definition) is 1. The lowest BCUT2D eigenvalue weighted by molar-refractivity contribution is -0.126. The number of aryl methyl sites for hydroxylation is 1. The fourth-order valence-corrected chi connectivity index (χ4v) is 5.92. The zero-order chi connectivity index (χ0) is 30.7. The van der Waals surface area contributed by atoms with Crippen molar-refractivity contribution in [1.29, 1.82) is 0 Å². The first-order valence-electron chi connectivity index (χ1n) is 13.8. The average molecular weight is 592 g/mol. The molecule has 2 aromatic carbocycles. The molecule has 1 saturated heterocycles. The molecule has 0 aliphatic carbocycles. The van der Waals surface area contributed by atoms with E-state index in [1.807, 2.05) is 13.8 Å². The van der Waals surface area contributed by atoms with E-state index in [-0.39, 0.29) is 54.0 Å². The number of anilines is 1. The van der Waals surface area contributed by atoms with Crippen molar-refractivity contribution in [3.8, 4) is 28.3 Å². The number of ether oxygens (including phenoxy) is 1. The van der Waals surface area contributed by atoms with Gasteiger partial charge in [-0.15, -0.1) is 0 Å². The molecule has 2 aromatic heterocycles. The van der Waals surface area contributed by atoms with Crippen molar-refractivity contribution in [3.63, 3.8) is 0 Å². The molecule has 2 aliphatic rings. The molecular weight excluding hydrogens is 563 g/mol. The molecule has 12 heteroatoms. The number of carbonyl (C=O) groups is 1. The molecule has 6 rings (SSSR count). The van der Waals surface area contributed by atoms with E-state index in [0.717, 1.165) is 12.1 Å². The molecule has 1 N–H and O–H groups in total. The molecule has 2 aliphatic heterocycles. The maximum Gasteiger partial charge on any atom is 0.354 e. The summed E-state index contributed by atoms with van der Waals surface area (Å²) in [4.78, 5) is 38.7. The number of phenolic OH excluding ortho intramolecular Hbond substituents is 1. The van der Waals surface area contributed by atoms with Gasteiger partial charge in [0.2, 0.25) is 5.91 Å². The fraction of sp³-hybridized carbons (Fsp3) is 0.290. The van der Waals surface area contributed by atoms with Crippen molar-refractivity contribution in [2.24, 2.45) is 0 Å². The summed E-state index contributed by atoms with van der Waals surface area (Å²) in [7, 11) is 0. The van der Waals surface area contributed by atoms with E-state index in [1.165, 1.54) is 16.7 Å². The average Bonchev–Trinajstić information content (AvgIpc) is 3.14. The Kier molecular flexibility index (Phi) is 6.86. The van der Waals surface area contributed by atoms with E-state index < -0.39 is 46.1 Å². The number of fused-ring (bicyclic) bond motifs is 2. The van der Waals surface area contributed by atoms with Crippen LogP contribution in [0.4, 0.5) is 19.0 Å². The summed E-state index contributed by atoms with van der Waals surface area (Å²) in [5.74, 6) is -5.12. The Morgan fingerprint density at radius 1 is 1.19 bits per heavy atom. The second-order valence-corrected chi connectivity index (χ2v) is 10.9. The van der Waals surface area contributed by atoms with E-state index >= 15 is 8.78 Å². The van der Waals surface area contributed by atoms with Gasteiger partial charge in [-0.3, -0.25) is 14.3 Å². The number of amides is 1. The molecule has 43 heavy (non-hydrogen) atoms. The van der Waals surface area contributed by atoms with Crippen molar-refractivity contribution in [2.75, 3.05) is 31.1 Å². The third-order valence-corrected chi connectivity index (χ3v) is 7.99. The number of carbonyl (C=O) groups excluding carboxylic acids is 1. The predicted octanol–water partition coefficient (Wildman–Crippen LogP) is 4.60. The van der Waals surface area contributed by atoms with E-state index in [2.05, 4.69) is 16.5 Å². The van der Waals surface area contributed by atoms with Gasteiger partial charge in [-0.1, -0.05) is 20.4 Å². The summed E-state index contributed by atoms with van der Waals surface area (Å²) in [6.07, 6.45) is 2.82. The van der Waals surface area contributed by atoms with Crippen LogP contribution in [0, 0.1) is 24.4 Å². The zero-order valence-corrected chi connectivity index (χ0v) is 23.7. The number of hydrogen-bond acceptors (Lipinski definition) is 7. The van der Waals surface area contributed by atoms with Crippen LogP contribution in [0.5, 0.6) is 11.5 Å². The second-order valence-electron chi connectivity index (χ2n) is 10.9. The summed E-state index contributed by atoms with van der Waals surface area (Å²) < 4.78 is 53.4. The highest BCUT2D eigenvalue weighted by atomic mass is 19.2. The van der Waals surface area contributed by atoms with E-state index in [0.29, 0.717) is 23.5 Å². The molecule has 1 atom stereocenters. The monoisotopic (exact) mass is 591 g/mol. The van der Waals surface area contributed by atoms with Gasteiger partial charge < -0.3 is 19.6 Å². The first-order valence-corrected chi connectivity index (χ1v) is 13.8. The number of halogens is 3. The van der Waals surface area contributed by atoms with Crippen LogP contribution in [0.2, 0.25) is 0 Å². The summed E-state index contributed by atoms with van der Waals surface area (Å²) in [6, 6.07) is 4.07. The van der Waals surface area contributed by atoms with Crippen molar-refractivity contribution < 1.29 is 27.8 Å². The molecule has 4 aromatic rings. The maximum absolute atomic E-state index is 16.5. The number of aromatic hydroxyl groups is 1. The van der Waals surface area contributed by atoms with Crippen LogP contribution in [-0.2, 0) is 4.79 Å². The summed E-state index contributed by atoms with van der Waals surface area (Å²) in [6.45, 7) is 9.79. The number of pyridine rings is 1. The van der Waals surface area contributed by atoms with E-state index in [4.69, 9.17) is 4.74 Å².